The van der Waals surface area contributed by atoms with Gasteiger partial charge in [-0.2, -0.15) is 0 Å². The summed E-state index contributed by atoms with van der Waals surface area (Å²) in [6.45, 7) is 0.596. The molecule has 3 N–H and O–H groups in total. The zero-order chi connectivity index (χ0) is 17.0. The number of ether oxygens (including phenoxy) is 1. The first kappa shape index (κ1) is 17.6. The topological polar surface area (TPSA) is 72.5 Å². The van der Waals surface area contributed by atoms with E-state index in [-0.39, 0.29) is 6.10 Å². The lowest BCUT2D eigenvalue weighted by molar-refractivity contribution is -0.172. The predicted octanol–water partition coefficient (Wildman–Crippen LogP) is 3.50. The largest absolute Gasteiger partial charge is 0.459 e. The van der Waals surface area contributed by atoms with Crippen LogP contribution in [0.3, 0.4) is 0 Å². The molecule has 3 rings (SSSR count). The van der Waals surface area contributed by atoms with E-state index in [1.807, 2.05) is 22.9 Å². The molecule has 2 aromatic rings. The van der Waals surface area contributed by atoms with E-state index in [1.54, 1.807) is 12.1 Å². The van der Waals surface area contributed by atoms with Gasteiger partial charge in [0.05, 0.1) is 9.75 Å². The van der Waals surface area contributed by atoms with Crippen LogP contribution in [0, 0.1) is 5.92 Å². The van der Waals surface area contributed by atoms with Gasteiger partial charge in [-0.25, -0.2) is 4.79 Å². The van der Waals surface area contributed by atoms with Crippen molar-refractivity contribution in [2.75, 3.05) is 6.54 Å². The van der Waals surface area contributed by atoms with Crippen LogP contribution >= 0.6 is 22.7 Å². The summed E-state index contributed by atoms with van der Waals surface area (Å²) in [6.07, 6.45) is 4.79. The molecule has 0 aromatic carbocycles. The van der Waals surface area contributed by atoms with Crippen LogP contribution in [0.4, 0.5) is 0 Å². The standard InChI is InChI=1S/C18H23NO3S2/c19-10-9-13-5-1-2-6-14(13)22-17(20)18(21,15-7-3-11-23-15)16-8-4-12-24-16/h3-4,7-8,11-14,21H,1-2,5-6,9-10,19H2. The van der Waals surface area contributed by atoms with Crippen molar-refractivity contribution >= 4 is 28.6 Å². The highest BCUT2D eigenvalue weighted by Gasteiger charge is 2.45. The SMILES string of the molecule is NCCC1CCCCC1OC(=O)C(O)(c1cccs1)c1cccs1. The summed E-state index contributed by atoms with van der Waals surface area (Å²) < 4.78 is 5.84. The number of aliphatic hydroxyl groups is 1. The summed E-state index contributed by atoms with van der Waals surface area (Å²) >= 11 is 2.73. The first-order chi connectivity index (χ1) is 11.7. The molecular weight excluding hydrogens is 342 g/mol. The van der Waals surface area contributed by atoms with Gasteiger partial charge in [-0.05, 0) is 61.0 Å². The molecule has 0 radical (unpaired) electrons. The van der Waals surface area contributed by atoms with E-state index in [0.29, 0.717) is 22.2 Å². The number of rotatable bonds is 6. The molecule has 4 nitrogen and oxygen atoms in total. The van der Waals surface area contributed by atoms with E-state index >= 15 is 0 Å². The van der Waals surface area contributed by atoms with Crippen LogP contribution in [0.1, 0.15) is 41.9 Å². The molecule has 0 aliphatic heterocycles. The summed E-state index contributed by atoms with van der Waals surface area (Å²) in [4.78, 5) is 14.2. The zero-order valence-corrected chi connectivity index (χ0v) is 15.2. The minimum Gasteiger partial charge on any atom is -0.459 e. The molecule has 6 heteroatoms. The number of nitrogens with two attached hydrogens (primary N) is 1. The molecule has 0 bridgehead atoms. The Morgan fingerprint density at radius 3 is 2.38 bits per heavy atom. The van der Waals surface area contributed by atoms with Gasteiger partial charge >= 0.3 is 5.97 Å². The highest BCUT2D eigenvalue weighted by molar-refractivity contribution is 7.12. The Kier molecular flexibility index (Phi) is 5.71. The summed E-state index contributed by atoms with van der Waals surface area (Å²) in [5.41, 5.74) is 3.99. The molecule has 2 aromatic heterocycles. The maximum absolute atomic E-state index is 13.0. The van der Waals surface area contributed by atoms with E-state index in [1.165, 1.54) is 22.7 Å². The van der Waals surface area contributed by atoms with Gasteiger partial charge in [-0.15, -0.1) is 22.7 Å². The molecule has 1 aliphatic rings. The average Bonchev–Trinajstić information content (AvgIpc) is 3.30. The molecule has 24 heavy (non-hydrogen) atoms. The summed E-state index contributed by atoms with van der Waals surface area (Å²) in [5, 5.41) is 15.0. The van der Waals surface area contributed by atoms with Crippen LogP contribution in [0.25, 0.3) is 0 Å². The first-order valence-electron chi connectivity index (χ1n) is 8.37. The summed E-state index contributed by atoms with van der Waals surface area (Å²) in [7, 11) is 0. The van der Waals surface area contributed by atoms with Crippen LogP contribution in [-0.2, 0) is 15.1 Å². The van der Waals surface area contributed by atoms with Crippen molar-refractivity contribution in [3.05, 3.63) is 44.8 Å². The third-order valence-corrected chi connectivity index (χ3v) is 6.64. The van der Waals surface area contributed by atoms with Crippen LogP contribution in [0.15, 0.2) is 35.0 Å². The molecule has 1 aliphatic carbocycles. The molecule has 2 unspecified atom stereocenters. The molecule has 0 amide bonds. The van der Waals surface area contributed by atoms with Crippen LogP contribution in [0.2, 0.25) is 0 Å². The zero-order valence-electron chi connectivity index (χ0n) is 13.5. The van der Waals surface area contributed by atoms with Crippen molar-refractivity contribution < 1.29 is 14.6 Å². The Morgan fingerprint density at radius 1 is 1.21 bits per heavy atom. The number of hydrogen-bond donors (Lipinski definition) is 2. The molecule has 130 valence electrons. The van der Waals surface area contributed by atoms with E-state index in [9.17, 15) is 9.90 Å². The number of carbonyl (C=O) groups excluding carboxylic acids is 1. The molecule has 1 saturated carbocycles. The smallest absolute Gasteiger partial charge is 0.349 e. The molecule has 2 atom stereocenters. The van der Waals surface area contributed by atoms with Crippen molar-refractivity contribution in [3.63, 3.8) is 0 Å². The molecular formula is C18H23NO3S2. The lowest BCUT2D eigenvalue weighted by Gasteiger charge is -2.33. The van der Waals surface area contributed by atoms with Gasteiger partial charge in [-0.1, -0.05) is 18.6 Å². The maximum atomic E-state index is 13.0. The third kappa shape index (κ3) is 3.42. The number of carbonyl (C=O) groups is 1. The minimum atomic E-state index is -1.72. The minimum absolute atomic E-state index is 0.152. The van der Waals surface area contributed by atoms with Crippen LogP contribution in [-0.4, -0.2) is 23.7 Å². The van der Waals surface area contributed by atoms with Crippen molar-refractivity contribution in [3.8, 4) is 0 Å². The second kappa shape index (κ2) is 7.78. The predicted molar refractivity (Wildman–Crippen MR) is 97.1 cm³/mol. The van der Waals surface area contributed by atoms with E-state index in [0.717, 1.165) is 32.1 Å². The highest BCUT2D eigenvalue weighted by Crippen LogP contribution is 2.38. The second-order valence-corrected chi connectivity index (χ2v) is 8.13. The number of esters is 1. The van der Waals surface area contributed by atoms with Gasteiger partial charge < -0.3 is 15.6 Å². The van der Waals surface area contributed by atoms with Crippen molar-refractivity contribution in [2.24, 2.45) is 11.7 Å². The van der Waals surface area contributed by atoms with E-state index in [2.05, 4.69) is 0 Å². The second-order valence-electron chi connectivity index (χ2n) is 6.23. The molecule has 2 heterocycles. The Labute approximate surface area is 150 Å². The van der Waals surface area contributed by atoms with E-state index < -0.39 is 11.6 Å². The lowest BCUT2D eigenvalue weighted by Crippen LogP contribution is -2.41. The summed E-state index contributed by atoms with van der Waals surface area (Å²) in [6, 6.07) is 7.24. The number of hydrogen-bond acceptors (Lipinski definition) is 6. The Hall–Kier alpha value is -1.21. The van der Waals surface area contributed by atoms with Gasteiger partial charge in [-0.3, -0.25) is 0 Å². The normalized spacial score (nSPS) is 21.6. The van der Waals surface area contributed by atoms with E-state index in [4.69, 9.17) is 10.5 Å². The number of thiophene rings is 2. The van der Waals surface area contributed by atoms with Crippen molar-refractivity contribution in [1.29, 1.82) is 0 Å². The van der Waals surface area contributed by atoms with Gasteiger partial charge in [0.1, 0.15) is 6.10 Å². The maximum Gasteiger partial charge on any atom is 0.349 e. The Balaban J connectivity index is 1.84. The van der Waals surface area contributed by atoms with Gasteiger partial charge in [0, 0.05) is 0 Å². The lowest BCUT2D eigenvalue weighted by atomic mass is 9.84. The van der Waals surface area contributed by atoms with Gasteiger partial charge in [0.25, 0.3) is 0 Å². The van der Waals surface area contributed by atoms with Crippen LogP contribution < -0.4 is 5.73 Å². The van der Waals surface area contributed by atoms with Crippen molar-refractivity contribution in [2.45, 2.75) is 43.8 Å². The average molecular weight is 366 g/mol. The Bertz CT molecular complexity index is 603. The first-order valence-corrected chi connectivity index (χ1v) is 10.1. The quantitative estimate of drug-likeness (QED) is 0.769. The molecule has 0 spiro atoms. The van der Waals surface area contributed by atoms with Gasteiger partial charge in [0.2, 0.25) is 5.60 Å². The Morgan fingerprint density at radius 2 is 1.83 bits per heavy atom. The van der Waals surface area contributed by atoms with Gasteiger partial charge in [0.15, 0.2) is 0 Å². The summed E-state index contributed by atoms with van der Waals surface area (Å²) in [5.74, 6) is -0.273. The third-order valence-electron chi connectivity index (χ3n) is 4.69. The fourth-order valence-electron chi connectivity index (χ4n) is 3.39. The fourth-order valence-corrected chi connectivity index (χ4v) is 5.10. The van der Waals surface area contributed by atoms with Crippen LogP contribution in [0.5, 0.6) is 0 Å². The molecule has 1 fully saturated rings. The highest BCUT2D eigenvalue weighted by atomic mass is 32.1. The molecule has 0 saturated heterocycles. The monoisotopic (exact) mass is 365 g/mol. The fraction of sp³-hybridized carbons (Fsp3) is 0.500. The van der Waals surface area contributed by atoms with Crippen molar-refractivity contribution in [1.82, 2.24) is 0 Å².